The van der Waals surface area contributed by atoms with Crippen molar-refractivity contribution in [3.8, 4) is 23.0 Å². The lowest BCUT2D eigenvalue weighted by Gasteiger charge is -2.31. The number of ether oxygens (including phenoxy) is 7. The van der Waals surface area contributed by atoms with Gasteiger partial charge in [0.15, 0.2) is 23.0 Å². The van der Waals surface area contributed by atoms with Gasteiger partial charge in [-0.2, -0.15) is 0 Å². The molecule has 9 rings (SSSR count). The molecule has 0 saturated carbocycles. The number of benzene rings is 5. The van der Waals surface area contributed by atoms with Crippen LogP contribution in [0.2, 0.25) is 0 Å². The zero-order valence-corrected chi connectivity index (χ0v) is 46.6. The Hall–Kier alpha value is -6.70. The lowest BCUT2D eigenvalue weighted by atomic mass is 10.1. The van der Waals surface area contributed by atoms with Crippen LogP contribution in [0.25, 0.3) is 0 Å². The van der Waals surface area contributed by atoms with Crippen molar-refractivity contribution >= 4 is 79.2 Å². The number of methoxy groups -OCH3 is 3. The summed E-state index contributed by atoms with van der Waals surface area (Å²) in [5.41, 5.74) is 8.27. The first-order valence-corrected chi connectivity index (χ1v) is 28.5. The molecule has 0 bridgehead atoms. The fourth-order valence-electron chi connectivity index (χ4n) is 10.2. The molecular formula is C59H68N6O10S2. The Bertz CT molecular complexity index is 2910. The van der Waals surface area contributed by atoms with Crippen molar-refractivity contribution in [1.29, 1.82) is 0 Å². The molecule has 406 valence electrons. The van der Waals surface area contributed by atoms with Gasteiger partial charge in [0.1, 0.15) is 13.2 Å². The van der Waals surface area contributed by atoms with Crippen LogP contribution in [-0.2, 0) is 65.7 Å². The van der Waals surface area contributed by atoms with Crippen LogP contribution in [0.15, 0.2) is 101 Å². The standard InChI is InChI=1S/C59H68N6O10S2/c1-59(2,77(7)76)38-62(3)56(66)17-12-18-63(19-20-72-23-24-73-22-21-69-4)43-26-39(36-74-54-32-48-46(30-52(54)70-5)57(67)64-44(34-60-48)28-41-13-8-10-15-50(41)64)25-40(27-43)37-75-55-33-49-47(31-53(55)71-6)58(68)65-45(35-61-49)29-42-14-9-11-16-51(42)65/h8-11,13-16,25-27,30-35,44-45H,12,17-24,28-29,36-38H2,1-7H3/t44-,45-,77?/m0/s1. The first-order chi connectivity index (χ1) is 37.3. The number of carbonyl (C=O) groups excluding carboxylic acids is 3. The van der Waals surface area contributed by atoms with Gasteiger partial charge in [0.2, 0.25) is 5.91 Å². The quantitative estimate of drug-likeness (QED) is 0.0514. The van der Waals surface area contributed by atoms with Crippen LogP contribution < -0.4 is 33.6 Å². The first kappa shape index (κ1) is 55.1. The van der Waals surface area contributed by atoms with Crippen molar-refractivity contribution in [2.24, 2.45) is 9.98 Å². The summed E-state index contributed by atoms with van der Waals surface area (Å²) >= 11 is 5.62. The van der Waals surface area contributed by atoms with E-state index in [0.29, 0.717) is 124 Å². The largest absolute Gasteiger partial charge is 0.493 e. The number of aliphatic imine (C=N–C) groups is 2. The van der Waals surface area contributed by atoms with E-state index in [2.05, 4.69) is 30.9 Å². The number of carbonyl (C=O) groups is 3. The normalized spacial score (nSPS) is 16.4. The number of fused-ring (bicyclic) bond motifs is 8. The summed E-state index contributed by atoms with van der Waals surface area (Å²) in [7, 11) is 6.30. The molecule has 18 heteroatoms. The smallest absolute Gasteiger partial charge is 0.261 e. The molecule has 0 fully saturated rings. The van der Waals surface area contributed by atoms with Crippen molar-refractivity contribution in [1.82, 2.24) is 4.90 Å². The van der Waals surface area contributed by atoms with Crippen LogP contribution in [0.3, 0.4) is 0 Å². The molecule has 5 aromatic carbocycles. The lowest BCUT2D eigenvalue weighted by Crippen LogP contribution is -2.42. The van der Waals surface area contributed by atoms with Crippen molar-refractivity contribution in [3.63, 3.8) is 0 Å². The molecule has 3 amide bonds. The molecule has 3 atom stereocenters. The second-order valence-electron chi connectivity index (χ2n) is 20.1. The third-order valence-corrected chi connectivity index (χ3v) is 17.4. The van der Waals surface area contributed by atoms with Gasteiger partial charge < -0.3 is 43.0 Å². The molecular weight excluding hydrogens is 1020 g/mol. The zero-order valence-electron chi connectivity index (χ0n) is 45.0. The van der Waals surface area contributed by atoms with Gasteiger partial charge in [-0.3, -0.25) is 34.2 Å². The molecule has 0 aromatic heterocycles. The highest BCUT2D eigenvalue weighted by atomic mass is 32.8. The molecule has 16 nitrogen and oxygen atoms in total. The molecule has 4 heterocycles. The van der Waals surface area contributed by atoms with Crippen LogP contribution in [0.5, 0.6) is 23.0 Å². The highest BCUT2D eigenvalue weighted by Gasteiger charge is 2.38. The van der Waals surface area contributed by atoms with Crippen molar-refractivity contribution < 1.29 is 47.5 Å². The second-order valence-corrected chi connectivity index (χ2v) is 23.6. The molecule has 5 aromatic rings. The Balaban J connectivity index is 0.999. The van der Waals surface area contributed by atoms with Gasteiger partial charge in [-0.05, 0) is 91.2 Å². The summed E-state index contributed by atoms with van der Waals surface area (Å²) in [5, 5.41) is 0. The Labute approximate surface area is 458 Å². The van der Waals surface area contributed by atoms with E-state index >= 15 is 0 Å². The van der Waals surface area contributed by atoms with Gasteiger partial charge in [-0.25, -0.2) is 0 Å². The SMILES string of the molecule is COCCOCCOCCN(CCCC(=O)N(C)CC(C)(C)S(C)=S)c1cc(COc2cc3c(cc2OC)C(=O)N2c4ccccc4C[C@H]2C=N3)cc(COc2cc3c(cc2OC)C(=O)N2c4ccccc4C[C@H]2C=N3)c1. The highest BCUT2D eigenvalue weighted by Crippen LogP contribution is 2.43. The topological polar surface area (TPSA) is 154 Å². The summed E-state index contributed by atoms with van der Waals surface area (Å²) in [6, 6.07) is 28.6. The first-order valence-electron chi connectivity index (χ1n) is 26.0. The van der Waals surface area contributed by atoms with E-state index in [1.165, 1.54) is 0 Å². The molecule has 0 spiro atoms. The summed E-state index contributed by atoms with van der Waals surface area (Å²) < 4.78 is 41.7. The third kappa shape index (κ3) is 12.5. The minimum atomic E-state index is -0.292. The zero-order chi connectivity index (χ0) is 54.2. The highest BCUT2D eigenvalue weighted by molar-refractivity contribution is 8.29. The van der Waals surface area contributed by atoms with E-state index in [1.54, 1.807) is 60.3 Å². The Morgan fingerprint density at radius 2 is 1.19 bits per heavy atom. The number of hydrogen-bond acceptors (Lipinski definition) is 14. The van der Waals surface area contributed by atoms with Gasteiger partial charge in [-0.15, -0.1) is 9.45 Å². The van der Waals surface area contributed by atoms with E-state index in [4.69, 9.17) is 54.3 Å². The third-order valence-electron chi connectivity index (χ3n) is 14.4. The van der Waals surface area contributed by atoms with E-state index in [-0.39, 0.29) is 57.2 Å². The number of rotatable bonds is 25. The van der Waals surface area contributed by atoms with Crippen molar-refractivity contribution in [3.05, 3.63) is 124 Å². The molecule has 1 unspecified atom stereocenters. The minimum absolute atomic E-state index is 0.0519. The van der Waals surface area contributed by atoms with Gasteiger partial charge in [0.25, 0.3) is 11.8 Å². The van der Waals surface area contributed by atoms with Gasteiger partial charge in [0.05, 0.1) is 81.8 Å². The van der Waals surface area contributed by atoms with E-state index in [0.717, 1.165) is 39.3 Å². The van der Waals surface area contributed by atoms with E-state index in [1.807, 2.05) is 80.3 Å². The predicted molar refractivity (Wildman–Crippen MR) is 306 cm³/mol. The van der Waals surface area contributed by atoms with Crippen molar-refractivity contribution in [2.75, 3.05) is 102 Å². The molecule has 0 aliphatic carbocycles. The molecule has 4 aliphatic heterocycles. The number of amides is 3. The summed E-state index contributed by atoms with van der Waals surface area (Å²) in [5.74, 6) is 1.37. The van der Waals surface area contributed by atoms with Gasteiger partial charge >= 0.3 is 0 Å². The molecule has 0 saturated heterocycles. The molecule has 4 aliphatic rings. The number of hydrogen-bond donors (Lipinski definition) is 0. The van der Waals surface area contributed by atoms with Crippen LogP contribution >= 0.6 is 0 Å². The van der Waals surface area contributed by atoms with Gasteiger partial charge in [-0.1, -0.05) is 47.6 Å². The van der Waals surface area contributed by atoms with Crippen LogP contribution in [0.1, 0.15) is 69.7 Å². The number of anilines is 3. The lowest BCUT2D eigenvalue weighted by molar-refractivity contribution is -0.130. The maximum Gasteiger partial charge on any atom is 0.261 e. The fourth-order valence-corrected chi connectivity index (χ4v) is 10.7. The Kier molecular flexibility index (Phi) is 17.7. The number of para-hydroxylation sites is 2. The van der Waals surface area contributed by atoms with Crippen LogP contribution in [0.4, 0.5) is 28.4 Å². The molecule has 77 heavy (non-hydrogen) atoms. The fraction of sp³-hybridized carbons (Fsp3) is 0.407. The summed E-state index contributed by atoms with van der Waals surface area (Å²) in [6.45, 7) is 8.25. The van der Waals surface area contributed by atoms with Crippen molar-refractivity contribution in [2.45, 2.75) is 69.6 Å². The van der Waals surface area contributed by atoms with Gasteiger partial charge in [0, 0.05) is 99.4 Å². The average Bonchev–Trinajstić information content (AvgIpc) is 3.93. The summed E-state index contributed by atoms with van der Waals surface area (Å²) in [4.78, 5) is 59.3. The Morgan fingerprint density at radius 1 is 0.688 bits per heavy atom. The van der Waals surface area contributed by atoms with E-state index < -0.39 is 0 Å². The maximum absolute atomic E-state index is 14.2. The average molecular weight is 1090 g/mol. The van der Waals surface area contributed by atoms with E-state index in [9.17, 15) is 14.4 Å². The number of nitrogens with zero attached hydrogens (tertiary/aromatic N) is 6. The maximum atomic E-state index is 14.2. The molecule has 0 N–H and O–H groups in total. The minimum Gasteiger partial charge on any atom is -0.493 e. The van der Waals surface area contributed by atoms with Crippen LogP contribution in [-0.4, -0.2) is 139 Å². The molecule has 0 radical (unpaired) electrons. The summed E-state index contributed by atoms with van der Waals surface area (Å²) in [6.07, 6.45) is 7.97. The predicted octanol–water partition coefficient (Wildman–Crippen LogP) is 8.65. The second kappa shape index (κ2) is 24.7. The monoisotopic (exact) mass is 1080 g/mol. The van der Waals surface area contributed by atoms with Crippen LogP contribution in [0, 0.1) is 0 Å². The Morgan fingerprint density at radius 3 is 1.70 bits per heavy atom.